The molecule has 0 saturated carbocycles. The van der Waals surface area contributed by atoms with Crippen molar-refractivity contribution in [2.75, 3.05) is 0 Å². The average Bonchev–Trinajstić information content (AvgIpc) is 2.79. The third-order valence-electron chi connectivity index (χ3n) is 7.51. The van der Waals surface area contributed by atoms with E-state index >= 15 is 0 Å². The molecule has 31 heavy (non-hydrogen) atoms. The molecule has 0 nitrogen and oxygen atoms in total. The van der Waals surface area contributed by atoms with Crippen LogP contribution in [0.3, 0.4) is 0 Å². The smallest absolute Gasteiger partial charge is 0.0417 e. The summed E-state index contributed by atoms with van der Waals surface area (Å²) in [4.78, 5) is 0. The molecule has 0 aromatic heterocycles. The van der Waals surface area contributed by atoms with Gasteiger partial charge < -0.3 is 0 Å². The second kappa shape index (κ2) is 28.0. The van der Waals surface area contributed by atoms with Crippen molar-refractivity contribution >= 4 is 0 Å². The van der Waals surface area contributed by atoms with Gasteiger partial charge in [0, 0.05) is 0 Å². The van der Waals surface area contributed by atoms with Crippen molar-refractivity contribution in [1.82, 2.24) is 0 Å². The number of hydrogen-bond donors (Lipinski definition) is 0. The SMILES string of the molecule is CCCCCCCCCCCCCCCCCCCC(CC)CCCCCCCCC. The maximum Gasteiger partial charge on any atom is -0.0417 e. The van der Waals surface area contributed by atoms with E-state index in [1.54, 1.807) is 0 Å². The van der Waals surface area contributed by atoms with Gasteiger partial charge in [-0.3, -0.25) is 0 Å². The molecule has 0 amide bonds. The first-order valence-corrected chi connectivity index (χ1v) is 15.3. The highest BCUT2D eigenvalue weighted by Crippen LogP contribution is 2.22. The van der Waals surface area contributed by atoms with Gasteiger partial charge in [0.1, 0.15) is 0 Å². The Morgan fingerprint density at radius 1 is 0.290 bits per heavy atom. The molecular weight excluding hydrogens is 372 g/mol. The normalized spacial score (nSPS) is 12.5. The van der Waals surface area contributed by atoms with Gasteiger partial charge >= 0.3 is 0 Å². The lowest BCUT2D eigenvalue weighted by molar-refractivity contribution is 0.392. The topological polar surface area (TPSA) is 0 Å². The van der Waals surface area contributed by atoms with Gasteiger partial charge in [-0.1, -0.05) is 194 Å². The molecule has 0 saturated heterocycles. The summed E-state index contributed by atoms with van der Waals surface area (Å²) in [5, 5.41) is 0. The van der Waals surface area contributed by atoms with Crippen molar-refractivity contribution in [3.05, 3.63) is 0 Å². The fourth-order valence-corrected chi connectivity index (χ4v) is 5.10. The van der Waals surface area contributed by atoms with Crippen LogP contribution in [0.4, 0.5) is 0 Å². The third kappa shape index (κ3) is 26.1. The van der Waals surface area contributed by atoms with Gasteiger partial charge in [-0.2, -0.15) is 0 Å². The minimum atomic E-state index is 1.02. The molecule has 0 heterocycles. The minimum absolute atomic E-state index is 1.02. The van der Waals surface area contributed by atoms with E-state index < -0.39 is 0 Å². The number of hydrogen-bond acceptors (Lipinski definition) is 0. The van der Waals surface area contributed by atoms with Crippen LogP contribution < -0.4 is 0 Å². The highest BCUT2D eigenvalue weighted by molar-refractivity contribution is 4.59. The van der Waals surface area contributed by atoms with Gasteiger partial charge in [-0.05, 0) is 5.92 Å². The van der Waals surface area contributed by atoms with Gasteiger partial charge in [0.2, 0.25) is 0 Å². The second-order valence-corrected chi connectivity index (χ2v) is 10.6. The molecule has 0 aromatic rings. The molecule has 0 rings (SSSR count). The second-order valence-electron chi connectivity index (χ2n) is 10.6. The Hall–Kier alpha value is 0. The van der Waals surface area contributed by atoms with Gasteiger partial charge in [0.05, 0.1) is 0 Å². The van der Waals surface area contributed by atoms with E-state index in [4.69, 9.17) is 0 Å². The van der Waals surface area contributed by atoms with Crippen molar-refractivity contribution in [2.45, 2.75) is 194 Å². The molecule has 1 unspecified atom stereocenters. The molecule has 0 aromatic carbocycles. The van der Waals surface area contributed by atoms with Gasteiger partial charge in [0.25, 0.3) is 0 Å². The summed E-state index contributed by atoms with van der Waals surface area (Å²) in [5.74, 6) is 1.02. The fraction of sp³-hybridized carbons (Fsp3) is 1.00. The van der Waals surface area contributed by atoms with Crippen molar-refractivity contribution in [1.29, 1.82) is 0 Å². The Kier molecular flexibility index (Phi) is 28.0. The first kappa shape index (κ1) is 31.0. The lowest BCUT2D eigenvalue weighted by atomic mass is 9.92. The van der Waals surface area contributed by atoms with Crippen LogP contribution in [0.2, 0.25) is 0 Å². The highest BCUT2D eigenvalue weighted by Gasteiger charge is 2.06. The van der Waals surface area contributed by atoms with Gasteiger partial charge in [-0.25, -0.2) is 0 Å². The zero-order valence-corrected chi connectivity index (χ0v) is 22.7. The zero-order valence-electron chi connectivity index (χ0n) is 22.7. The van der Waals surface area contributed by atoms with E-state index in [-0.39, 0.29) is 0 Å². The molecule has 0 aliphatic rings. The van der Waals surface area contributed by atoms with Crippen LogP contribution in [0.25, 0.3) is 0 Å². The number of rotatable bonds is 27. The Balaban J connectivity index is 3.21. The predicted octanol–water partition coefficient (Wildman–Crippen LogP) is 12.2. The van der Waals surface area contributed by atoms with Crippen LogP contribution in [0.15, 0.2) is 0 Å². The largest absolute Gasteiger partial charge is 0.0654 e. The lowest BCUT2D eigenvalue weighted by Crippen LogP contribution is -1.99. The van der Waals surface area contributed by atoms with E-state index in [9.17, 15) is 0 Å². The maximum atomic E-state index is 2.42. The van der Waals surface area contributed by atoms with Crippen LogP contribution in [0.1, 0.15) is 194 Å². The van der Waals surface area contributed by atoms with E-state index in [2.05, 4.69) is 20.8 Å². The summed E-state index contributed by atoms with van der Waals surface area (Å²) in [6, 6.07) is 0. The summed E-state index contributed by atoms with van der Waals surface area (Å²) >= 11 is 0. The van der Waals surface area contributed by atoms with Crippen molar-refractivity contribution in [3.8, 4) is 0 Å². The molecule has 0 spiro atoms. The van der Waals surface area contributed by atoms with Crippen LogP contribution in [-0.4, -0.2) is 0 Å². The monoisotopic (exact) mass is 437 g/mol. The third-order valence-corrected chi connectivity index (χ3v) is 7.51. The molecule has 188 valence electrons. The summed E-state index contributed by atoms with van der Waals surface area (Å²) in [6.45, 7) is 7.03. The Labute approximate surface area is 200 Å². The minimum Gasteiger partial charge on any atom is -0.0654 e. The Bertz CT molecular complexity index is 294. The van der Waals surface area contributed by atoms with E-state index in [0.717, 1.165) is 5.92 Å². The van der Waals surface area contributed by atoms with E-state index in [0.29, 0.717) is 0 Å². The summed E-state index contributed by atoms with van der Waals surface area (Å²) < 4.78 is 0. The van der Waals surface area contributed by atoms with Crippen LogP contribution >= 0.6 is 0 Å². The Morgan fingerprint density at radius 2 is 0.516 bits per heavy atom. The van der Waals surface area contributed by atoms with Crippen molar-refractivity contribution in [3.63, 3.8) is 0 Å². The van der Waals surface area contributed by atoms with E-state index in [1.807, 2.05) is 0 Å². The summed E-state index contributed by atoms with van der Waals surface area (Å²) in [7, 11) is 0. The molecule has 0 aliphatic carbocycles. The molecule has 0 aliphatic heterocycles. The average molecular weight is 437 g/mol. The summed E-state index contributed by atoms with van der Waals surface area (Å²) in [6.07, 6.45) is 39.8. The fourth-order valence-electron chi connectivity index (χ4n) is 5.10. The van der Waals surface area contributed by atoms with E-state index in [1.165, 1.54) is 173 Å². The first-order chi connectivity index (χ1) is 15.3. The molecule has 0 fully saturated rings. The molecule has 1 atom stereocenters. The van der Waals surface area contributed by atoms with Crippen LogP contribution in [-0.2, 0) is 0 Å². The van der Waals surface area contributed by atoms with Gasteiger partial charge in [-0.15, -0.1) is 0 Å². The zero-order chi connectivity index (χ0) is 22.7. The molecule has 0 N–H and O–H groups in total. The van der Waals surface area contributed by atoms with Crippen LogP contribution in [0.5, 0.6) is 0 Å². The first-order valence-electron chi connectivity index (χ1n) is 15.3. The molecule has 0 radical (unpaired) electrons. The molecule has 0 bridgehead atoms. The lowest BCUT2D eigenvalue weighted by Gasteiger charge is -2.14. The molecule has 0 heteroatoms. The van der Waals surface area contributed by atoms with Crippen LogP contribution in [0, 0.1) is 5.92 Å². The molecular formula is C31H64. The predicted molar refractivity (Wildman–Crippen MR) is 145 cm³/mol. The maximum absolute atomic E-state index is 2.42. The summed E-state index contributed by atoms with van der Waals surface area (Å²) in [5.41, 5.74) is 0. The Morgan fingerprint density at radius 3 is 0.742 bits per heavy atom. The highest BCUT2D eigenvalue weighted by atomic mass is 14.1. The van der Waals surface area contributed by atoms with Crippen molar-refractivity contribution < 1.29 is 0 Å². The number of unbranched alkanes of at least 4 members (excludes halogenated alkanes) is 22. The quantitative estimate of drug-likeness (QED) is 0.112. The van der Waals surface area contributed by atoms with Gasteiger partial charge in [0.15, 0.2) is 0 Å². The standard InChI is InChI=1S/C31H64/c1-4-7-9-11-13-14-15-16-17-18-19-20-21-22-24-26-28-30-31(6-3)29-27-25-23-12-10-8-5-2/h31H,4-30H2,1-3H3. The van der Waals surface area contributed by atoms with Crippen molar-refractivity contribution in [2.24, 2.45) is 5.92 Å².